The molecule has 1 heterocycles. The molecule has 0 saturated heterocycles. The van der Waals surface area contributed by atoms with Crippen molar-refractivity contribution in [2.75, 3.05) is 33.7 Å². The minimum atomic E-state index is -0.638. The lowest BCUT2D eigenvalue weighted by Crippen LogP contribution is -2.42. The first kappa shape index (κ1) is 22.5. The Labute approximate surface area is 139 Å². The van der Waals surface area contributed by atoms with Crippen molar-refractivity contribution in [3.05, 3.63) is 17.0 Å². The molecule has 3 N–H and O–H groups in total. The second-order valence-corrected chi connectivity index (χ2v) is 5.05. The number of aromatic nitrogens is 2. The first-order valence-corrected chi connectivity index (χ1v) is 6.59. The number of H-pyrrole nitrogens is 1. The zero-order chi connectivity index (χ0) is 14.6. The fourth-order valence-corrected chi connectivity index (χ4v) is 2.08. The quantitative estimate of drug-likeness (QED) is 0.818. The number of nitrogens with zero attached hydrogens (tertiary/aromatic N) is 3. The van der Waals surface area contributed by atoms with Crippen LogP contribution in [0.4, 0.5) is 0 Å². The van der Waals surface area contributed by atoms with Gasteiger partial charge in [0.05, 0.1) is 5.69 Å². The summed E-state index contributed by atoms with van der Waals surface area (Å²) in [6.07, 6.45) is 0. The Hall–Kier alpha value is -0.820. The predicted octanol–water partition coefficient (Wildman–Crippen LogP) is 1.28. The number of carbonyl (C=O) groups excluding carboxylic acids is 1. The summed E-state index contributed by atoms with van der Waals surface area (Å²) in [5, 5.41) is 6.97. The normalized spacial score (nSPS) is 11.6. The summed E-state index contributed by atoms with van der Waals surface area (Å²) in [6.45, 7) is 7.90. The average Bonchev–Trinajstić information content (AvgIpc) is 2.68. The highest BCUT2D eigenvalue weighted by molar-refractivity contribution is 5.85. The SMILES string of the molecule is CCN(CCN(C)C)C(=O)C(N)c1c(C)n[nH]c1C.Cl.Cl. The van der Waals surface area contributed by atoms with Crippen molar-refractivity contribution < 1.29 is 4.79 Å². The third kappa shape index (κ3) is 5.82. The number of halogens is 2. The first-order valence-electron chi connectivity index (χ1n) is 6.59. The van der Waals surface area contributed by atoms with Gasteiger partial charge in [0.15, 0.2) is 0 Å². The summed E-state index contributed by atoms with van der Waals surface area (Å²) in [4.78, 5) is 16.3. The summed E-state index contributed by atoms with van der Waals surface area (Å²) < 4.78 is 0. The highest BCUT2D eigenvalue weighted by atomic mass is 35.5. The summed E-state index contributed by atoms with van der Waals surface area (Å²) in [6, 6.07) is -0.638. The lowest BCUT2D eigenvalue weighted by molar-refractivity contribution is -0.132. The third-order valence-electron chi connectivity index (χ3n) is 3.27. The molecule has 0 aliphatic rings. The Morgan fingerprint density at radius 1 is 1.29 bits per heavy atom. The molecule has 8 heteroatoms. The molecule has 0 aromatic carbocycles. The molecule has 0 bridgehead atoms. The van der Waals surface area contributed by atoms with Gasteiger partial charge < -0.3 is 15.5 Å². The Bertz CT molecular complexity index is 417. The van der Waals surface area contributed by atoms with Gasteiger partial charge >= 0.3 is 0 Å². The van der Waals surface area contributed by atoms with Gasteiger partial charge in [-0.25, -0.2) is 0 Å². The number of likely N-dealkylation sites (N-methyl/N-ethyl adjacent to an activating group) is 2. The highest BCUT2D eigenvalue weighted by Gasteiger charge is 2.25. The molecule has 1 amide bonds. The second-order valence-electron chi connectivity index (χ2n) is 5.05. The molecule has 1 aromatic rings. The molecule has 21 heavy (non-hydrogen) atoms. The fraction of sp³-hybridized carbons (Fsp3) is 0.692. The summed E-state index contributed by atoms with van der Waals surface area (Å²) in [5.74, 6) is -0.0445. The molecular weight excluding hydrogens is 313 g/mol. The molecule has 0 saturated carbocycles. The Kier molecular flexibility index (Phi) is 10.7. The zero-order valence-electron chi connectivity index (χ0n) is 13.3. The maximum atomic E-state index is 12.4. The van der Waals surface area contributed by atoms with Crippen LogP contribution < -0.4 is 5.73 Å². The maximum Gasteiger partial charge on any atom is 0.244 e. The first-order chi connectivity index (χ1) is 8.88. The van der Waals surface area contributed by atoms with Crippen molar-refractivity contribution in [1.82, 2.24) is 20.0 Å². The molecule has 124 valence electrons. The van der Waals surface area contributed by atoms with Crippen molar-refractivity contribution in [2.45, 2.75) is 26.8 Å². The second kappa shape index (κ2) is 10.00. The number of aromatic amines is 1. The van der Waals surface area contributed by atoms with E-state index in [0.717, 1.165) is 23.5 Å². The van der Waals surface area contributed by atoms with E-state index in [1.165, 1.54) is 0 Å². The van der Waals surface area contributed by atoms with E-state index in [2.05, 4.69) is 15.1 Å². The van der Waals surface area contributed by atoms with Crippen molar-refractivity contribution in [3.63, 3.8) is 0 Å². The molecule has 1 aromatic heterocycles. The van der Waals surface area contributed by atoms with Crippen molar-refractivity contribution >= 4 is 30.7 Å². The maximum absolute atomic E-state index is 12.4. The van der Waals surface area contributed by atoms with Crippen molar-refractivity contribution in [1.29, 1.82) is 0 Å². The van der Waals surface area contributed by atoms with E-state index in [-0.39, 0.29) is 30.7 Å². The fourth-order valence-electron chi connectivity index (χ4n) is 2.08. The van der Waals surface area contributed by atoms with Crippen LogP contribution in [0.2, 0.25) is 0 Å². The van der Waals surface area contributed by atoms with Gasteiger partial charge in [-0.2, -0.15) is 5.10 Å². The van der Waals surface area contributed by atoms with Crippen molar-refractivity contribution in [2.24, 2.45) is 5.73 Å². The van der Waals surface area contributed by atoms with Crippen LogP contribution in [0, 0.1) is 13.8 Å². The number of nitrogens with one attached hydrogen (secondary N) is 1. The van der Waals surface area contributed by atoms with Gasteiger partial charge in [0.25, 0.3) is 0 Å². The average molecular weight is 340 g/mol. The molecular formula is C13H27Cl2N5O. The number of nitrogens with two attached hydrogens (primary N) is 1. The van der Waals surface area contributed by atoms with Gasteiger partial charge in [-0.15, -0.1) is 24.8 Å². The standard InChI is InChI=1S/C13H25N5O.2ClH/c1-6-18(8-7-17(4)5)13(19)12(14)11-9(2)15-16-10(11)3;;/h12H,6-8,14H2,1-5H3,(H,15,16);2*1H. The minimum absolute atomic E-state index is 0. The number of amides is 1. The topological polar surface area (TPSA) is 78.2 Å². The monoisotopic (exact) mass is 339 g/mol. The van der Waals surface area contributed by atoms with E-state index < -0.39 is 6.04 Å². The van der Waals surface area contributed by atoms with Crippen LogP contribution in [0.5, 0.6) is 0 Å². The zero-order valence-corrected chi connectivity index (χ0v) is 15.0. The summed E-state index contributed by atoms with van der Waals surface area (Å²) in [7, 11) is 3.98. The predicted molar refractivity (Wildman–Crippen MR) is 90.3 cm³/mol. The van der Waals surface area contributed by atoms with Gasteiger partial charge in [-0.3, -0.25) is 9.89 Å². The number of hydrogen-bond acceptors (Lipinski definition) is 4. The van der Waals surface area contributed by atoms with E-state index in [4.69, 9.17) is 5.73 Å². The molecule has 0 spiro atoms. The largest absolute Gasteiger partial charge is 0.340 e. The minimum Gasteiger partial charge on any atom is -0.340 e. The molecule has 1 unspecified atom stereocenters. The molecule has 0 aliphatic carbocycles. The number of rotatable bonds is 6. The van der Waals surface area contributed by atoms with Gasteiger partial charge in [0, 0.05) is 30.9 Å². The molecule has 6 nitrogen and oxygen atoms in total. The van der Waals surface area contributed by atoms with Crippen LogP contribution in [-0.2, 0) is 4.79 Å². The lowest BCUT2D eigenvalue weighted by atomic mass is 10.0. The smallest absolute Gasteiger partial charge is 0.244 e. The number of carbonyl (C=O) groups is 1. The van der Waals surface area contributed by atoms with Crippen LogP contribution in [0.15, 0.2) is 0 Å². The Morgan fingerprint density at radius 3 is 2.24 bits per heavy atom. The Morgan fingerprint density at radius 2 is 1.86 bits per heavy atom. The van der Waals surface area contributed by atoms with E-state index in [1.807, 2.05) is 34.9 Å². The number of hydrogen-bond donors (Lipinski definition) is 2. The van der Waals surface area contributed by atoms with Crippen LogP contribution in [0.3, 0.4) is 0 Å². The Balaban J connectivity index is 0. The molecule has 0 radical (unpaired) electrons. The van der Waals surface area contributed by atoms with E-state index >= 15 is 0 Å². The van der Waals surface area contributed by atoms with Crippen LogP contribution in [-0.4, -0.2) is 59.6 Å². The van der Waals surface area contributed by atoms with Crippen LogP contribution >= 0.6 is 24.8 Å². The summed E-state index contributed by atoms with van der Waals surface area (Å²) >= 11 is 0. The summed E-state index contributed by atoms with van der Waals surface area (Å²) in [5.41, 5.74) is 8.57. The molecule has 1 rings (SSSR count). The van der Waals surface area contributed by atoms with Gasteiger partial charge in [0.2, 0.25) is 5.91 Å². The van der Waals surface area contributed by atoms with Gasteiger partial charge in [-0.05, 0) is 34.9 Å². The van der Waals surface area contributed by atoms with Gasteiger partial charge in [0.1, 0.15) is 6.04 Å². The van der Waals surface area contributed by atoms with Crippen LogP contribution in [0.25, 0.3) is 0 Å². The van der Waals surface area contributed by atoms with Gasteiger partial charge in [-0.1, -0.05) is 0 Å². The highest BCUT2D eigenvalue weighted by Crippen LogP contribution is 2.19. The van der Waals surface area contributed by atoms with E-state index in [9.17, 15) is 4.79 Å². The molecule has 1 atom stereocenters. The number of aryl methyl sites for hydroxylation is 2. The lowest BCUT2D eigenvalue weighted by Gasteiger charge is -2.26. The third-order valence-corrected chi connectivity index (χ3v) is 3.27. The van der Waals surface area contributed by atoms with Crippen molar-refractivity contribution in [3.8, 4) is 0 Å². The molecule has 0 fully saturated rings. The van der Waals surface area contributed by atoms with E-state index in [1.54, 1.807) is 4.90 Å². The molecule has 0 aliphatic heterocycles. The van der Waals surface area contributed by atoms with Crippen LogP contribution in [0.1, 0.15) is 29.9 Å². The van der Waals surface area contributed by atoms with E-state index in [0.29, 0.717) is 13.1 Å².